The van der Waals surface area contributed by atoms with E-state index in [1.54, 1.807) is 0 Å². The van der Waals surface area contributed by atoms with Crippen molar-refractivity contribution in [3.8, 4) is 22.6 Å². The molecule has 5 nitrogen and oxygen atoms in total. The molecule has 5 heteroatoms. The molecule has 2 heterocycles. The molecule has 1 aromatic heterocycles. The molecule has 1 aromatic carbocycles. The summed E-state index contributed by atoms with van der Waals surface area (Å²) in [6.07, 6.45) is 0.435. The Morgan fingerprint density at radius 1 is 1.18 bits per heavy atom. The second-order valence-electron chi connectivity index (χ2n) is 5.09. The molecular formula is C17H18N2O3. The first-order valence-electron chi connectivity index (χ1n) is 7.35. The highest BCUT2D eigenvalue weighted by Crippen LogP contribution is 2.35. The number of amides is 1. The van der Waals surface area contributed by atoms with Gasteiger partial charge in [0.2, 0.25) is 5.91 Å². The number of anilines is 1. The van der Waals surface area contributed by atoms with E-state index in [4.69, 9.17) is 9.47 Å². The quantitative estimate of drug-likeness (QED) is 0.945. The molecule has 114 valence electrons. The van der Waals surface area contributed by atoms with Crippen LogP contribution in [-0.2, 0) is 4.79 Å². The lowest BCUT2D eigenvalue weighted by molar-refractivity contribution is -0.115. The van der Waals surface area contributed by atoms with Gasteiger partial charge in [-0.15, -0.1) is 0 Å². The van der Waals surface area contributed by atoms with Crippen LogP contribution in [0.1, 0.15) is 19.0 Å². The molecule has 0 radical (unpaired) electrons. The molecule has 2 aromatic rings. The minimum atomic E-state index is -0.0426. The number of nitrogens with one attached hydrogen (secondary N) is 1. The SMILES string of the molecule is CCC(=O)Nc1ccc(-c2ccc3c(c2)OCCO3)c(C)n1. The molecule has 0 unspecified atom stereocenters. The predicted octanol–water partition coefficient (Wildman–Crippen LogP) is 3.18. The Morgan fingerprint density at radius 2 is 1.95 bits per heavy atom. The number of ether oxygens (including phenoxy) is 2. The van der Waals surface area contributed by atoms with E-state index in [9.17, 15) is 4.79 Å². The first-order chi connectivity index (χ1) is 10.7. The van der Waals surface area contributed by atoms with Gasteiger partial charge < -0.3 is 14.8 Å². The number of aromatic nitrogens is 1. The normalized spacial score (nSPS) is 12.8. The second kappa shape index (κ2) is 6.05. The van der Waals surface area contributed by atoms with Crippen molar-refractivity contribution in [1.29, 1.82) is 0 Å². The van der Waals surface area contributed by atoms with E-state index in [2.05, 4.69) is 10.3 Å². The number of fused-ring (bicyclic) bond motifs is 1. The average Bonchev–Trinajstić information content (AvgIpc) is 2.54. The fourth-order valence-corrected chi connectivity index (χ4v) is 2.38. The summed E-state index contributed by atoms with van der Waals surface area (Å²) in [7, 11) is 0. The lowest BCUT2D eigenvalue weighted by Crippen LogP contribution is -2.15. The number of benzene rings is 1. The molecule has 0 saturated carbocycles. The number of carbonyl (C=O) groups excluding carboxylic acids is 1. The van der Waals surface area contributed by atoms with E-state index in [1.807, 2.05) is 44.2 Å². The summed E-state index contributed by atoms with van der Waals surface area (Å²) >= 11 is 0. The topological polar surface area (TPSA) is 60.5 Å². The van der Waals surface area contributed by atoms with Gasteiger partial charge in [-0.2, -0.15) is 0 Å². The van der Waals surface area contributed by atoms with Crippen molar-refractivity contribution in [3.05, 3.63) is 36.0 Å². The molecule has 0 fully saturated rings. The highest BCUT2D eigenvalue weighted by Gasteiger charge is 2.14. The highest BCUT2D eigenvalue weighted by atomic mass is 16.6. The lowest BCUT2D eigenvalue weighted by atomic mass is 10.0. The number of hydrogen-bond donors (Lipinski definition) is 1. The van der Waals surface area contributed by atoms with E-state index in [1.165, 1.54) is 0 Å². The molecule has 0 saturated heterocycles. The van der Waals surface area contributed by atoms with Crippen LogP contribution >= 0.6 is 0 Å². The van der Waals surface area contributed by atoms with Gasteiger partial charge in [0, 0.05) is 17.7 Å². The summed E-state index contributed by atoms with van der Waals surface area (Å²) in [6, 6.07) is 9.63. The summed E-state index contributed by atoms with van der Waals surface area (Å²) in [5.41, 5.74) is 2.87. The molecule has 1 aliphatic heterocycles. The molecule has 0 bridgehead atoms. The zero-order chi connectivity index (χ0) is 15.5. The van der Waals surface area contributed by atoms with E-state index < -0.39 is 0 Å². The van der Waals surface area contributed by atoms with Crippen molar-refractivity contribution >= 4 is 11.7 Å². The number of carbonyl (C=O) groups is 1. The Labute approximate surface area is 129 Å². The van der Waals surface area contributed by atoms with Crippen LogP contribution in [0.2, 0.25) is 0 Å². The molecule has 1 N–H and O–H groups in total. The van der Waals surface area contributed by atoms with Crippen LogP contribution in [-0.4, -0.2) is 24.1 Å². The van der Waals surface area contributed by atoms with Crippen molar-refractivity contribution in [1.82, 2.24) is 4.98 Å². The molecule has 22 heavy (non-hydrogen) atoms. The summed E-state index contributed by atoms with van der Waals surface area (Å²) in [5, 5.41) is 2.77. The zero-order valence-corrected chi connectivity index (χ0v) is 12.7. The molecule has 1 aliphatic rings. The number of nitrogens with zero attached hydrogens (tertiary/aromatic N) is 1. The van der Waals surface area contributed by atoms with E-state index in [0.717, 1.165) is 28.3 Å². The summed E-state index contributed by atoms with van der Waals surface area (Å²) in [6.45, 7) is 4.88. The van der Waals surface area contributed by atoms with Crippen LogP contribution in [0.4, 0.5) is 5.82 Å². The smallest absolute Gasteiger partial charge is 0.225 e. The van der Waals surface area contributed by atoms with Crippen LogP contribution in [0.3, 0.4) is 0 Å². The van der Waals surface area contributed by atoms with Gasteiger partial charge in [-0.1, -0.05) is 13.0 Å². The third kappa shape index (κ3) is 2.88. The predicted molar refractivity (Wildman–Crippen MR) is 84.3 cm³/mol. The molecule has 3 rings (SSSR count). The zero-order valence-electron chi connectivity index (χ0n) is 12.7. The Morgan fingerprint density at radius 3 is 2.68 bits per heavy atom. The monoisotopic (exact) mass is 298 g/mol. The van der Waals surface area contributed by atoms with Gasteiger partial charge in [-0.25, -0.2) is 4.98 Å². The molecule has 1 amide bonds. The second-order valence-corrected chi connectivity index (χ2v) is 5.09. The van der Waals surface area contributed by atoms with Gasteiger partial charge in [0.1, 0.15) is 19.0 Å². The van der Waals surface area contributed by atoms with E-state index in [0.29, 0.717) is 25.5 Å². The molecule has 0 atom stereocenters. The number of aryl methyl sites for hydroxylation is 1. The van der Waals surface area contributed by atoms with Crippen LogP contribution in [0.25, 0.3) is 11.1 Å². The van der Waals surface area contributed by atoms with Gasteiger partial charge in [0.15, 0.2) is 11.5 Å². The van der Waals surface area contributed by atoms with E-state index >= 15 is 0 Å². The molecule has 0 aliphatic carbocycles. The fraction of sp³-hybridized carbons (Fsp3) is 0.294. The van der Waals surface area contributed by atoms with Gasteiger partial charge in [-0.3, -0.25) is 4.79 Å². The molecular weight excluding hydrogens is 280 g/mol. The Hall–Kier alpha value is -2.56. The maximum atomic E-state index is 11.4. The average molecular weight is 298 g/mol. The van der Waals surface area contributed by atoms with Crippen molar-refractivity contribution < 1.29 is 14.3 Å². The third-order valence-corrected chi connectivity index (χ3v) is 3.53. The van der Waals surface area contributed by atoms with Gasteiger partial charge >= 0.3 is 0 Å². The van der Waals surface area contributed by atoms with Crippen LogP contribution in [0, 0.1) is 6.92 Å². The van der Waals surface area contributed by atoms with Gasteiger partial charge in [-0.05, 0) is 36.8 Å². The van der Waals surface area contributed by atoms with Crippen molar-refractivity contribution in [2.45, 2.75) is 20.3 Å². The molecule has 0 spiro atoms. The summed E-state index contributed by atoms with van der Waals surface area (Å²) in [5.74, 6) is 2.06. The van der Waals surface area contributed by atoms with Gasteiger partial charge in [0.25, 0.3) is 0 Å². The minimum absolute atomic E-state index is 0.0426. The first kappa shape index (κ1) is 14.4. The van der Waals surface area contributed by atoms with Crippen molar-refractivity contribution in [3.63, 3.8) is 0 Å². The Balaban J connectivity index is 1.90. The Bertz CT molecular complexity index is 713. The van der Waals surface area contributed by atoms with Gasteiger partial charge in [0.05, 0.1) is 0 Å². The fourth-order valence-electron chi connectivity index (χ4n) is 2.38. The minimum Gasteiger partial charge on any atom is -0.486 e. The largest absolute Gasteiger partial charge is 0.486 e. The summed E-state index contributed by atoms with van der Waals surface area (Å²) in [4.78, 5) is 15.9. The lowest BCUT2D eigenvalue weighted by Gasteiger charge is -2.19. The van der Waals surface area contributed by atoms with E-state index in [-0.39, 0.29) is 5.91 Å². The first-order valence-corrected chi connectivity index (χ1v) is 7.35. The highest BCUT2D eigenvalue weighted by molar-refractivity contribution is 5.89. The maximum Gasteiger partial charge on any atom is 0.225 e. The van der Waals surface area contributed by atoms with Crippen LogP contribution in [0.15, 0.2) is 30.3 Å². The van der Waals surface area contributed by atoms with Crippen molar-refractivity contribution in [2.75, 3.05) is 18.5 Å². The number of rotatable bonds is 3. The Kier molecular flexibility index (Phi) is 3.96. The van der Waals surface area contributed by atoms with Crippen LogP contribution < -0.4 is 14.8 Å². The maximum absolute atomic E-state index is 11.4. The standard InChI is InChI=1S/C17H18N2O3/c1-3-17(20)19-16-7-5-13(11(2)18-16)12-4-6-14-15(10-12)22-9-8-21-14/h4-7,10H,3,8-9H2,1-2H3,(H,18,19,20). The third-order valence-electron chi connectivity index (χ3n) is 3.53. The summed E-state index contributed by atoms with van der Waals surface area (Å²) < 4.78 is 11.1. The van der Waals surface area contributed by atoms with Crippen LogP contribution in [0.5, 0.6) is 11.5 Å². The van der Waals surface area contributed by atoms with Crippen molar-refractivity contribution in [2.24, 2.45) is 0 Å². The number of hydrogen-bond acceptors (Lipinski definition) is 4. The number of pyridine rings is 1.